The first kappa shape index (κ1) is 16.3. The van der Waals surface area contributed by atoms with Gasteiger partial charge in [0.05, 0.1) is 5.71 Å². The number of rotatable bonds is 6. The minimum atomic E-state index is -0.463. The zero-order valence-corrected chi connectivity index (χ0v) is 13.2. The predicted molar refractivity (Wildman–Crippen MR) is 83.1 cm³/mol. The van der Waals surface area contributed by atoms with E-state index < -0.39 is 5.97 Å². The molecule has 0 aliphatic heterocycles. The van der Waals surface area contributed by atoms with E-state index in [0.717, 1.165) is 49.8 Å². The molecule has 0 spiro atoms. The summed E-state index contributed by atoms with van der Waals surface area (Å²) < 4.78 is 0. The summed E-state index contributed by atoms with van der Waals surface area (Å²) in [6.07, 6.45) is 5.48. The maximum Gasteiger partial charge on any atom is 0.352 e. The first-order valence-electron chi connectivity index (χ1n) is 7.79. The Kier molecular flexibility index (Phi) is 5.81. The zero-order valence-electron chi connectivity index (χ0n) is 13.2. The summed E-state index contributed by atoms with van der Waals surface area (Å²) in [6.45, 7) is 3.40. The lowest BCUT2D eigenvalue weighted by atomic mass is 9.80. The molecule has 2 rings (SSSR count). The molecule has 0 saturated carbocycles. The fraction of sp³-hybridized carbons (Fsp3) is 0.529. The molecule has 0 heterocycles. The van der Waals surface area contributed by atoms with E-state index in [1.165, 1.54) is 12.5 Å². The van der Waals surface area contributed by atoms with Crippen LogP contribution < -0.4 is 4.89 Å². The lowest BCUT2D eigenvalue weighted by Gasteiger charge is -2.25. The zero-order chi connectivity index (χ0) is 15.9. The van der Waals surface area contributed by atoms with E-state index >= 15 is 0 Å². The van der Waals surface area contributed by atoms with Gasteiger partial charge in [-0.25, -0.2) is 4.79 Å². The third kappa shape index (κ3) is 4.23. The summed E-state index contributed by atoms with van der Waals surface area (Å²) in [7, 11) is 0. The average molecular weight is 305 g/mol. The number of nitrogens with zero attached hydrogens (tertiary/aromatic N) is 1. The number of hydrogen-bond acceptors (Lipinski definition) is 5. The van der Waals surface area contributed by atoms with Crippen molar-refractivity contribution in [1.29, 1.82) is 0 Å². The molecule has 0 fully saturated rings. The molecule has 1 atom stereocenters. The molecule has 0 aromatic heterocycles. The standard InChI is InChI=1S/C17H23NO4/c1-3-5-15(18-20)11-13-8-9-16-14(10-13)6-4-7-17(16)22-21-12(2)19/h4,6-7,13,20H,3,5,8-11H2,1-2H3/b18-15+. The first-order valence-corrected chi connectivity index (χ1v) is 7.79. The maximum atomic E-state index is 10.9. The van der Waals surface area contributed by atoms with E-state index in [1.54, 1.807) is 0 Å². The van der Waals surface area contributed by atoms with Gasteiger partial charge in [0.15, 0.2) is 5.75 Å². The quantitative estimate of drug-likeness (QED) is 0.377. The Hall–Kier alpha value is -2.04. The molecule has 1 aliphatic rings. The van der Waals surface area contributed by atoms with Gasteiger partial charge in [-0.3, -0.25) is 9.78 Å². The van der Waals surface area contributed by atoms with Gasteiger partial charge in [-0.2, -0.15) is 0 Å². The van der Waals surface area contributed by atoms with Crippen molar-refractivity contribution in [3.8, 4) is 5.75 Å². The topological polar surface area (TPSA) is 68.1 Å². The highest BCUT2D eigenvalue weighted by molar-refractivity contribution is 5.84. The van der Waals surface area contributed by atoms with E-state index in [9.17, 15) is 4.79 Å². The van der Waals surface area contributed by atoms with Crippen LogP contribution in [-0.2, 0) is 22.5 Å². The van der Waals surface area contributed by atoms with Crippen LogP contribution in [0.3, 0.4) is 0 Å². The molecule has 120 valence electrons. The SMILES string of the molecule is CCC/C(CC1CCc2c(cccc2OOC(C)=O)C1)=N\O. The van der Waals surface area contributed by atoms with E-state index in [1.807, 2.05) is 12.1 Å². The second-order valence-corrected chi connectivity index (χ2v) is 5.78. The van der Waals surface area contributed by atoms with Crippen LogP contribution in [-0.4, -0.2) is 16.9 Å². The Morgan fingerprint density at radius 1 is 1.45 bits per heavy atom. The largest absolute Gasteiger partial charge is 0.411 e. The second kappa shape index (κ2) is 7.82. The Morgan fingerprint density at radius 2 is 2.27 bits per heavy atom. The van der Waals surface area contributed by atoms with Crippen LogP contribution in [0.25, 0.3) is 0 Å². The van der Waals surface area contributed by atoms with Crippen LogP contribution in [0.1, 0.15) is 50.7 Å². The fourth-order valence-electron chi connectivity index (χ4n) is 3.02. The molecule has 0 radical (unpaired) electrons. The summed E-state index contributed by atoms with van der Waals surface area (Å²) in [5.74, 6) is 0.638. The molecule has 0 amide bonds. The van der Waals surface area contributed by atoms with Crippen LogP contribution >= 0.6 is 0 Å². The summed E-state index contributed by atoms with van der Waals surface area (Å²) >= 11 is 0. The molecule has 0 saturated heterocycles. The molecule has 0 bridgehead atoms. The van der Waals surface area contributed by atoms with Gasteiger partial charge in [-0.05, 0) is 49.7 Å². The van der Waals surface area contributed by atoms with Gasteiger partial charge in [-0.15, -0.1) is 0 Å². The number of carbonyl (C=O) groups is 1. The summed E-state index contributed by atoms with van der Waals surface area (Å²) in [5, 5.41) is 12.5. The van der Waals surface area contributed by atoms with Gasteiger partial charge in [0.1, 0.15) is 0 Å². The van der Waals surface area contributed by atoms with Crippen molar-refractivity contribution in [3.63, 3.8) is 0 Å². The number of fused-ring (bicyclic) bond motifs is 1. The molecule has 5 nitrogen and oxygen atoms in total. The van der Waals surface area contributed by atoms with Crippen molar-refractivity contribution in [2.24, 2.45) is 11.1 Å². The average Bonchev–Trinajstić information content (AvgIpc) is 2.52. The van der Waals surface area contributed by atoms with Crippen molar-refractivity contribution < 1.29 is 19.8 Å². The highest BCUT2D eigenvalue weighted by Gasteiger charge is 2.23. The normalized spacial score (nSPS) is 17.7. The van der Waals surface area contributed by atoms with Crippen molar-refractivity contribution in [3.05, 3.63) is 29.3 Å². The van der Waals surface area contributed by atoms with E-state index in [-0.39, 0.29) is 0 Å². The number of carbonyl (C=O) groups excluding carboxylic acids is 1. The lowest BCUT2D eigenvalue weighted by molar-refractivity contribution is -0.211. The Labute approximate surface area is 130 Å². The van der Waals surface area contributed by atoms with Gasteiger partial charge >= 0.3 is 5.97 Å². The molecule has 1 unspecified atom stereocenters. The van der Waals surface area contributed by atoms with Crippen molar-refractivity contribution >= 4 is 11.7 Å². The summed E-state index contributed by atoms with van der Waals surface area (Å²) in [5.41, 5.74) is 3.20. The minimum absolute atomic E-state index is 0.463. The lowest BCUT2D eigenvalue weighted by Crippen LogP contribution is -2.19. The van der Waals surface area contributed by atoms with Gasteiger partial charge in [0, 0.05) is 12.5 Å². The molecule has 1 aliphatic carbocycles. The second-order valence-electron chi connectivity index (χ2n) is 5.78. The van der Waals surface area contributed by atoms with Crippen LogP contribution in [0.4, 0.5) is 0 Å². The first-order chi connectivity index (χ1) is 10.6. The van der Waals surface area contributed by atoms with Crippen LogP contribution in [0.5, 0.6) is 5.75 Å². The van der Waals surface area contributed by atoms with Crippen molar-refractivity contribution in [1.82, 2.24) is 0 Å². The third-order valence-corrected chi connectivity index (χ3v) is 3.99. The van der Waals surface area contributed by atoms with E-state index in [0.29, 0.717) is 11.7 Å². The Bertz CT molecular complexity index is 554. The molecule has 5 heteroatoms. The summed E-state index contributed by atoms with van der Waals surface area (Å²) in [4.78, 5) is 20.6. The van der Waals surface area contributed by atoms with E-state index in [4.69, 9.17) is 10.1 Å². The third-order valence-electron chi connectivity index (χ3n) is 3.99. The van der Waals surface area contributed by atoms with Crippen molar-refractivity contribution in [2.45, 2.75) is 52.4 Å². The van der Waals surface area contributed by atoms with Gasteiger partial charge in [0.25, 0.3) is 0 Å². The van der Waals surface area contributed by atoms with E-state index in [2.05, 4.69) is 23.0 Å². The molecule has 22 heavy (non-hydrogen) atoms. The number of oxime groups is 1. The molecular formula is C17H23NO4. The van der Waals surface area contributed by atoms with Gasteiger partial charge in [-0.1, -0.05) is 30.6 Å². The highest BCUT2D eigenvalue weighted by atomic mass is 17.2. The van der Waals surface area contributed by atoms with Crippen LogP contribution in [0.2, 0.25) is 0 Å². The monoisotopic (exact) mass is 305 g/mol. The summed E-state index contributed by atoms with van der Waals surface area (Å²) in [6, 6.07) is 5.81. The molecule has 1 aromatic rings. The molecule has 1 N–H and O–H groups in total. The highest BCUT2D eigenvalue weighted by Crippen LogP contribution is 2.34. The minimum Gasteiger partial charge on any atom is -0.411 e. The number of benzene rings is 1. The fourth-order valence-corrected chi connectivity index (χ4v) is 3.02. The van der Waals surface area contributed by atoms with Gasteiger partial charge < -0.3 is 5.21 Å². The maximum absolute atomic E-state index is 10.9. The van der Waals surface area contributed by atoms with Crippen LogP contribution in [0, 0.1) is 5.92 Å². The van der Waals surface area contributed by atoms with Crippen LogP contribution in [0.15, 0.2) is 23.4 Å². The Balaban J connectivity index is 2.05. The van der Waals surface area contributed by atoms with Crippen molar-refractivity contribution in [2.75, 3.05) is 0 Å². The smallest absolute Gasteiger partial charge is 0.352 e. The predicted octanol–water partition coefficient (Wildman–Crippen LogP) is 3.67. The number of hydrogen-bond donors (Lipinski definition) is 1. The molecular weight excluding hydrogens is 282 g/mol. The Morgan fingerprint density at radius 3 is 2.95 bits per heavy atom. The van der Waals surface area contributed by atoms with Gasteiger partial charge in [0.2, 0.25) is 0 Å². The molecule has 1 aromatic carbocycles.